The molecule has 0 aliphatic rings. The van der Waals surface area contributed by atoms with Crippen LogP contribution in [0.4, 0.5) is 176 Å². The molecule has 0 bridgehead atoms. The van der Waals surface area contributed by atoms with Gasteiger partial charge in [0.25, 0.3) is 0 Å². The predicted molar refractivity (Wildman–Crippen MR) is 423 cm³/mol. The number of aliphatic carboxylic acids is 2. The molecule has 56 heteroatoms. The van der Waals surface area contributed by atoms with E-state index in [9.17, 15) is 125 Å². The molecule has 0 heterocycles. The Hall–Kier alpha value is -8.76. The van der Waals surface area contributed by atoms with Crippen molar-refractivity contribution >= 4 is 114 Å². The molecule has 0 aliphatic carbocycles. The van der Waals surface area contributed by atoms with E-state index in [0.29, 0.717) is 0 Å². The second kappa shape index (κ2) is 54.5. The van der Waals surface area contributed by atoms with Gasteiger partial charge in [0.1, 0.15) is 105 Å². The number of carbonyl (C=O) groups is 2. The molecular weight excluding hydrogens is 1990 g/mol. The van der Waals surface area contributed by atoms with Crippen LogP contribution >= 0.6 is 0 Å². The minimum Gasteiger partial charge on any atom is -0.550 e. The third kappa shape index (κ3) is 28.0. The Kier molecular flexibility index (Phi) is 50.2. The molecule has 0 saturated heterocycles. The molecule has 8 aromatic carbocycles. The maximum absolute atomic E-state index is 15.4. The molecule has 0 saturated carbocycles. The number of halogens is 40. The van der Waals surface area contributed by atoms with Crippen molar-refractivity contribution in [1.82, 2.24) is 39.2 Å². The van der Waals surface area contributed by atoms with E-state index in [1.54, 1.807) is 0 Å². The molecule has 0 spiro atoms. The van der Waals surface area contributed by atoms with Gasteiger partial charge in [0.2, 0.25) is 0 Å². The van der Waals surface area contributed by atoms with Gasteiger partial charge in [0.05, 0.1) is 0 Å². The summed E-state index contributed by atoms with van der Waals surface area (Å²) in [7, 11) is 25.6. The van der Waals surface area contributed by atoms with Crippen molar-refractivity contribution in [2.45, 2.75) is 52.4 Å². The SMILES string of the molecule is CCCCC(=O)[O-].CCCCC(=O)[O-].CN(C)CCN(CCN(C)C)CCN(C)C.CN(C)CCN(CCN(C)C)CCN(C)C.Fc1c(F)c(F)c([B-](c2c(F)c(F)c(F)c(F)c2F)(c2c(F)c(F)c(F)c(F)c2F)c2c(F)c(F)c(F)c(F)c2F)c(F)c1F.Fc1c(F)c(F)c([B-](c2c(F)c(F)c(F)c(F)c2F)(c2c(F)c(F)c(F)c(F)c2F)c2c(F)c(F)c(F)c(F)c2F)c(F)c1F.[Mg+2].[Mg+2]. The molecule has 12 nitrogen and oxygen atoms in total. The number of likely N-dealkylation sites (N-methyl/N-ethyl adjacent to an activating group) is 6. The zero-order chi connectivity index (χ0) is 105. The number of carbonyl (C=O) groups excluding carboxylic acids is 2. The quantitative estimate of drug-likeness (QED) is 0.0173. The Morgan fingerprint density at radius 2 is 0.268 bits per heavy atom. The molecule has 760 valence electrons. The van der Waals surface area contributed by atoms with Crippen LogP contribution < -0.4 is 53.9 Å². The smallest absolute Gasteiger partial charge is 0.550 e. The first-order valence-corrected chi connectivity index (χ1v) is 39.0. The van der Waals surface area contributed by atoms with E-state index in [-0.39, 0.29) is 58.9 Å². The normalized spacial score (nSPS) is 11.6. The van der Waals surface area contributed by atoms with Crippen LogP contribution in [0.1, 0.15) is 52.4 Å². The van der Waals surface area contributed by atoms with Gasteiger partial charge in [0.15, 0.2) is 140 Å². The Bertz CT molecular complexity index is 4450. The molecule has 0 atom stereocenters. The van der Waals surface area contributed by atoms with Gasteiger partial charge in [0, 0.05) is 90.5 Å². The number of carboxylic acids is 2. The topological polar surface area (TPSA) is 106 Å². The van der Waals surface area contributed by atoms with Crippen LogP contribution in [0.5, 0.6) is 0 Å². The molecule has 0 aromatic heterocycles. The second-order valence-corrected chi connectivity index (χ2v) is 31.1. The van der Waals surface area contributed by atoms with E-state index in [2.05, 4.69) is 124 Å². The molecule has 138 heavy (non-hydrogen) atoms. The fraction of sp³-hybridized carbons (Fsp3) is 0.390. The largest absolute Gasteiger partial charge is 2.00 e. The molecule has 0 N–H and O–H groups in total. The molecular formula is C82H78B2F40Mg2N8O4. The Morgan fingerprint density at radius 3 is 0.333 bits per heavy atom. The van der Waals surface area contributed by atoms with Crippen LogP contribution in [0.3, 0.4) is 0 Å². The van der Waals surface area contributed by atoms with Crippen molar-refractivity contribution in [3.8, 4) is 0 Å². The monoisotopic (exact) mass is 2070 g/mol. The van der Waals surface area contributed by atoms with Gasteiger partial charge in [-0.15, -0.1) is 43.7 Å². The van der Waals surface area contributed by atoms with Gasteiger partial charge in [-0.25, -0.2) is 176 Å². The third-order valence-electron chi connectivity index (χ3n) is 20.1. The number of hydrogen-bond donors (Lipinski definition) is 0. The molecule has 0 fully saturated rings. The molecule has 8 aromatic rings. The number of carboxylic acid groups (broad SMARTS) is 2. The van der Waals surface area contributed by atoms with Crippen LogP contribution in [-0.4, -0.2) is 273 Å². The summed E-state index contributed by atoms with van der Waals surface area (Å²) in [6.07, 6.45) is -10.7. The van der Waals surface area contributed by atoms with E-state index >= 15 is 70.2 Å². The summed E-state index contributed by atoms with van der Waals surface area (Å²) in [6.45, 7) is 17.7. The van der Waals surface area contributed by atoms with Crippen molar-refractivity contribution in [3.05, 3.63) is 233 Å². The Labute approximate surface area is 793 Å². The maximum atomic E-state index is 15.4. The second-order valence-electron chi connectivity index (χ2n) is 31.1. The van der Waals surface area contributed by atoms with Crippen LogP contribution in [0.15, 0.2) is 0 Å². The average molecular weight is 2070 g/mol. The molecule has 8 rings (SSSR count). The molecule has 0 aliphatic heterocycles. The van der Waals surface area contributed by atoms with Crippen LogP contribution in [0, 0.1) is 233 Å². The molecule has 0 amide bonds. The summed E-state index contributed by atoms with van der Waals surface area (Å²) in [5.74, 6) is -145. The number of rotatable bonds is 32. The first-order chi connectivity index (χ1) is 62.8. The minimum absolute atomic E-state index is 0. The number of unbranched alkanes of at least 4 members (excludes halogenated alkanes) is 2. The van der Waals surface area contributed by atoms with Crippen molar-refractivity contribution in [2.24, 2.45) is 0 Å². The van der Waals surface area contributed by atoms with Crippen LogP contribution in [-0.2, 0) is 9.59 Å². The van der Waals surface area contributed by atoms with Gasteiger partial charge in [-0.1, -0.05) is 26.7 Å². The van der Waals surface area contributed by atoms with Gasteiger partial charge in [-0.2, -0.15) is 0 Å². The van der Waals surface area contributed by atoms with Crippen molar-refractivity contribution in [2.75, 3.05) is 163 Å². The first-order valence-electron chi connectivity index (χ1n) is 39.0. The fourth-order valence-electron chi connectivity index (χ4n) is 13.1. The number of nitrogens with zero attached hydrogens (tertiary/aromatic N) is 8. The Balaban J connectivity index is 0.000000945. The van der Waals surface area contributed by atoms with E-state index in [0.717, 1.165) is 104 Å². The van der Waals surface area contributed by atoms with E-state index in [4.69, 9.17) is 0 Å². The zero-order valence-electron chi connectivity index (χ0n) is 74.6. The summed E-state index contributed by atoms with van der Waals surface area (Å²) >= 11 is 0. The van der Waals surface area contributed by atoms with Gasteiger partial charge < -0.3 is 49.2 Å². The predicted octanol–water partition coefficient (Wildman–Crippen LogP) is 10.7. The minimum atomic E-state index is -7.22. The van der Waals surface area contributed by atoms with E-state index in [1.807, 2.05) is 13.8 Å². The summed E-state index contributed by atoms with van der Waals surface area (Å²) in [4.78, 5) is 37.9. The van der Waals surface area contributed by atoms with Crippen LogP contribution in [0.25, 0.3) is 0 Å². The zero-order valence-corrected chi connectivity index (χ0v) is 77.5. The van der Waals surface area contributed by atoms with Crippen molar-refractivity contribution < 1.29 is 195 Å². The van der Waals surface area contributed by atoms with Crippen LogP contribution in [0.2, 0.25) is 0 Å². The number of benzene rings is 8. The van der Waals surface area contributed by atoms with Gasteiger partial charge >= 0.3 is 46.1 Å². The third-order valence-corrected chi connectivity index (χ3v) is 20.1. The summed E-state index contributed by atoms with van der Waals surface area (Å²) in [5.41, 5.74) is -28.7. The number of hydrogen-bond acceptors (Lipinski definition) is 12. The van der Waals surface area contributed by atoms with Gasteiger partial charge in [-0.05, 0) is 110 Å². The van der Waals surface area contributed by atoms with E-state index in [1.165, 1.54) is 0 Å². The van der Waals surface area contributed by atoms with Crippen molar-refractivity contribution in [1.29, 1.82) is 0 Å². The standard InChI is InChI=1S/2C24BF20.2C12H30N4.2C5H10O2.2Mg/c2*26-5-1(6(27)14(35)21(42)13(5)34)25(2-7(28)15(36)22(43)16(37)8(2)29,3-9(30)17(38)23(44)18(39)10(3)31)4-11(32)19(40)24(45)20(41)12(4)33;2*1-13(2)7-10-16(11-8-14(3)4)12-9-15(5)6;2*1-2-3-4-5(6)7;;/h;;2*7-12H2,1-6H3;2*2-4H2,1H3,(H,6,7);;/q2*-1;;;;;2*+2/p-2. The summed E-state index contributed by atoms with van der Waals surface area (Å²) in [5, 5.41) is 19.3. The maximum Gasteiger partial charge on any atom is 2.00 e. The van der Waals surface area contributed by atoms with Gasteiger partial charge in [-0.3, -0.25) is 9.80 Å². The molecule has 0 radical (unpaired) electrons. The Morgan fingerprint density at radius 1 is 0.181 bits per heavy atom. The fourth-order valence-corrected chi connectivity index (χ4v) is 13.1. The first kappa shape index (κ1) is 127. The van der Waals surface area contributed by atoms with E-state index < -0.39 is 301 Å². The summed E-state index contributed by atoms with van der Waals surface area (Å²) in [6, 6.07) is 0. The average Bonchev–Trinajstić information content (AvgIpc) is 0.683. The summed E-state index contributed by atoms with van der Waals surface area (Å²) < 4.78 is 588. The van der Waals surface area contributed by atoms with Crippen molar-refractivity contribution in [3.63, 3.8) is 0 Å². The molecule has 0 unspecified atom stereocenters.